The Hall–Kier alpha value is -0.800. The van der Waals surface area contributed by atoms with Gasteiger partial charge in [-0.15, -0.1) is 0 Å². The van der Waals surface area contributed by atoms with E-state index >= 15 is 0 Å². The fraction of sp³-hybridized carbons (Fsp3) is 0.400. The van der Waals surface area contributed by atoms with E-state index in [9.17, 15) is 21.6 Å². The average molecular weight is 361 g/mol. The maximum absolute atomic E-state index is 12.7. The van der Waals surface area contributed by atoms with E-state index in [1.807, 2.05) is 0 Å². The standard InChI is InChI=1S/C10H12BrF3N2O2S/c11-7-2-3-8(10(12,13)14)9(6-7)16-4-1-5-19(15,17)18/h2-3,6,16H,1,4-5H2,(H2,15,17,18). The van der Waals surface area contributed by atoms with E-state index in [2.05, 4.69) is 21.2 Å². The van der Waals surface area contributed by atoms with Gasteiger partial charge in [0.15, 0.2) is 0 Å². The van der Waals surface area contributed by atoms with Crippen LogP contribution < -0.4 is 10.5 Å². The number of benzene rings is 1. The van der Waals surface area contributed by atoms with Crippen molar-refractivity contribution in [1.82, 2.24) is 0 Å². The lowest BCUT2D eigenvalue weighted by atomic mass is 10.1. The molecule has 0 bridgehead atoms. The molecule has 1 rings (SSSR count). The Bertz CT molecular complexity index is 546. The normalized spacial score (nSPS) is 12.5. The van der Waals surface area contributed by atoms with Crippen molar-refractivity contribution >= 4 is 31.6 Å². The number of primary sulfonamides is 1. The van der Waals surface area contributed by atoms with Crippen molar-refractivity contribution in [3.63, 3.8) is 0 Å². The van der Waals surface area contributed by atoms with E-state index < -0.39 is 21.8 Å². The summed E-state index contributed by atoms with van der Waals surface area (Å²) in [6, 6.07) is 3.53. The zero-order chi connectivity index (χ0) is 14.7. The lowest BCUT2D eigenvalue weighted by molar-refractivity contribution is -0.137. The molecule has 108 valence electrons. The summed E-state index contributed by atoms with van der Waals surface area (Å²) >= 11 is 3.08. The molecule has 4 nitrogen and oxygen atoms in total. The molecule has 0 heterocycles. The molecule has 0 radical (unpaired) electrons. The summed E-state index contributed by atoms with van der Waals surface area (Å²) in [5.41, 5.74) is -0.900. The maximum Gasteiger partial charge on any atom is 0.418 e. The van der Waals surface area contributed by atoms with E-state index in [0.717, 1.165) is 6.07 Å². The Kier molecular flexibility index (Phi) is 5.22. The molecule has 19 heavy (non-hydrogen) atoms. The van der Waals surface area contributed by atoms with E-state index in [1.54, 1.807) is 0 Å². The van der Waals surface area contributed by atoms with Crippen LogP contribution in [0.2, 0.25) is 0 Å². The molecular formula is C10H12BrF3N2O2S. The third-order valence-corrected chi connectivity index (χ3v) is 3.56. The maximum atomic E-state index is 12.7. The summed E-state index contributed by atoms with van der Waals surface area (Å²) in [5.74, 6) is -0.282. The van der Waals surface area contributed by atoms with Gasteiger partial charge in [0.1, 0.15) is 0 Å². The van der Waals surface area contributed by atoms with Crippen molar-refractivity contribution < 1.29 is 21.6 Å². The molecule has 0 atom stereocenters. The summed E-state index contributed by atoms with van der Waals surface area (Å²) in [6.45, 7) is 0.0793. The number of rotatable bonds is 5. The van der Waals surface area contributed by atoms with Crippen LogP contribution in [-0.4, -0.2) is 20.7 Å². The molecule has 0 aliphatic heterocycles. The highest BCUT2D eigenvalue weighted by Gasteiger charge is 2.33. The van der Waals surface area contributed by atoms with E-state index in [0.29, 0.717) is 4.47 Å². The smallest absolute Gasteiger partial charge is 0.384 e. The molecule has 0 aliphatic carbocycles. The van der Waals surface area contributed by atoms with Gasteiger partial charge in [-0.1, -0.05) is 15.9 Å². The first-order valence-corrected chi connectivity index (χ1v) is 7.71. The Labute approximate surface area is 117 Å². The topological polar surface area (TPSA) is 72.2 Å². The molecule has 0 aliphatic rings. The van der Waals surface area contributed by atoms with Gasteiger partial charge in [0.05, 0.1) is 11.3 Å². The fourth-order valence-electron chi connectivity index (χ4n) is 1.41. The molecule has 3 N–H and O–H groups in total. The highest BCUT2D eigenvalue weighted by molar-refractivity contribution is 9.10. The monoisotopic (exact) mass is 360 g/mol. The summed E-state index contributed by atoms with van der Waals surface area (Å²) in [6.07, 6.45) is -4.34. The highest BCUT2D eigenvalue weighted by Crippen LogP contribution is 2.36. The number of nitrogens with one attached hydrogen (secondary N) is 1. The van der Waals surface area contributed by atoms with Crippen LogP contribution in [-0.2, 0) is 16.2 Å². The quantitative estimate of drug-likeness (QED) is 0.792. The number of hydrogen-bond acceptors (Lipinski definition) is 3. The van der Waals surface area contributed by atoms with Crippen LogP contribution in [0.5, 0.6) is 0 Å². The Balaban J connectivity index is 2.75. The number of nitrogens with two attached hydrogens (primary N) is 1. The zero-order valence-corrected chi connectivity index (χ0v) is 12.1. The van der Waals surface area contributed by atoms with Gasteiger partial charge in [-0.25, -0.2) is 13.6 Å². The lowest BCUT2D eigenvalue weighted by Crippen LogP contribution is -2.19. The second-order valence-corrected chi connectivity index (χ2v) is 6.48. The summed E-state index contributed by atoms with van der Waals surface area (Å²) in [5, 5.41) is 7.36. The van der Waals surface area contributed by atoms with Gasteiger partial charge >= 0.3 is 6.18 Å². The first-order valence-electron chi connectivity index (χ1n) is 5.21. The van der Waals surface area contributed by atoms with E-state index in [-0.39, 0.29) is 24.4 Å². The van der Waals surface area contributed by atoms with Gasteiger partial charge in [0, 0.05) is 16.7 Å². The number of anilines is 1. The van der Waals surface area contributed by atoms with Crippen molar-refractivity contribution in [2.24, 2.45) is 5.14 Å². The number of hydrogen-bond donors (Lipinski definition) is 2. The first-order chi connectivity index (χ1) is 8.59. The molecule has 1 aromatic rings. The highest BCUT2D eigenvalue weighted by atomic mass is 79.9. The third-order valence-electron chi connectivity index (χ3n) is 2.21. The number of sulfonamides is 1. The largest absolute Gasteiger partial charge is 0.418 e. The van der Waals surface area contributed by atoms with Crippen molar-refractivity contribution in [2.45, 2.75) is 12.6 Å². The lowest BCUT2D eigenvalue weighted by Gasteiger charge is -2.14. The Morgan fingerprint density at radius 2 is 1.95 bits per heavy atom. The molecule has 0 aromatic heterocycles. The Morgan fingerprint density at radius 3 is 2.47 bits per heavy atom. The van der Waals surface area contributed by atoms with Gasteiger partial charge in [0.25, 0.3) is 0 Å². The molecule has 0 unspecified atom stereocenters. The van der Waals surface area contributed by atoms with Gasteiger partial charge in [0.2, 0.25) is 10.0 Å². The predicted molar refractivity (Wildman–Crippen MR) is 70.2 cm³/mol. The van der Waals surface area contributed by atoms with Crippen LogP contribution in [0.4, 0.5) is 18.9 Å². The van der Waals surface area contributed by atoms with Gasteiger partial charge < -0.3 is 5.32 Å². The third kappa shape index (κ3) is 5.79. The minimum atomic E-state index is -4.47. The minimum Gasteiger partial charge on any atom is -0.384 e. The van der Waals surface area contributed by atoms with Crippen molar-refractivity contribution in [1.29, 1.82) is 0 Å². The second kappa shape index (κ2) is 6.10. The van der Waals surface area contributed by atoms with Gasteiger partial charge in [-0.2, -0.15) is 13.2 Å². The minimum absolute atomic E-state index is 0.0793. The van der Waals surface area contributed by atoms with Crippen LogP contribution in [0.25, 0.3) is 0 Å². The predicted octanol–water partition coefficient (Wildman–Crippen LogP) is 2.56. The van der Waals surface area contributed by atoms with Crippen molar-refractivity contribution in [3.8, 4) is 0 Å². The van der Waals surface area contributed by atoms with Crippen LogP contribution in [0, 0.1) is 0 Å². The molecular weight excluding hydrogens is 349 g/mol. The molecule has 0 spiro atoms. The molecule has 0 amide bonds. The second-order valence-electron chi connectivity index (χ2n) is 3.83. The summed E-state index contributed by atoms with van der Waals surface area (Å²) in [7, 11) is -3.60. The van der Waals surface area contributed by atoms with Crippen LogP contribution in [0.3, 0.4) is 0 Å². The first kappa shape index (κ1) is 16.3. The van der Waals surface area contributed by atoms with Crippen LogP contribution in [0.1, 0.15) is 12.0 Å². The van der Waals surface area contributed by atoms with Crippen molar-refractivity contribution in [3.05, 3.63) is 28.2 Å². The summed E-state index contributed by atoms with van der Waals surface area (Å²) in [4.78, 5) is 0. The number of alkyl halides is 3. The molecule has 0 saturated heterocycles. The fourth-order valence-corrected chi connectivity index (χ4v) is 2.31. The van der Waals surface area contributed by atoms with Crippen LogP contribution in [0.15, 0.2) is 22.7 Å². The molecule has 9 heteroatoms. The van der Waals surface area contributed by atoms with E-state index in [1.165, 1.54) is 12.1 Å². The zero-order valence-electron chi connectivity index (χ0n) is 9.67. The SMILES string of the molecule is NS(=O)(=O)CCCNc1cc(Br)ccc1C(F)(F)F. The van der Waals surface area contributed by atoms with Gasteiger partial charge in [-0.05, 0) is 24.6 Å². The van der Waals surface area contributed by atoms with Crippen molar-refractivity contribution in [2.75, 3.05) is 17.6 Å². The number of halogens is 4. The Morgan fingerprint density at radius 1 is 1.32 bits per heavy atom. The molecule has 0 fully saturated rings. The molecule has 1 aromatic carbocycles. The molecule has 0 saturated carbocycles. The van der Waals surface area contributed by atoms with Gasteiger partial charge in [-0.3, -0.25) is 0 Å². The van der Waals surface area contributed by atoms with E-state index in [4.69, 9.17) is 5.14 Å². The average Bonchev–Trinajstić information content (AvgIpc) is 2.21. The van der Waals surface area contributed by atoms with Crippen LogP contribution >= 0.6 is 15.9 Å². The summed E-state index contributed by atoms with van der Waals surface area (Å²) < 4.78 is 60.0.